The van der Waals surface area contributed by atoms with E-state index < -0.39 is 22.8 Å². The monoisotopic (exact) mass is 637 g/mol. The smallest absolute Gasteiger partial charge is 0.254 e. The molecule has 2 aliphatic heterocycles. The van der Waals surface area contributed by atoms with Crippen molar-refractivity contribution >= 4 is 24.2 Å². The Kier molecular flexibility index (Phi) is 10.6. The normalized spacial score (nSPS) is 24.3. The van der Waals surface area contributed by atoms with Gasteiger partial charge in [0.25, 0.3) is 5.91 Å². The van der Waals surface area contributed by atoms with Gasteiger partial charge in [-0.15, -0.1) is 12.4 Å². The summed E-state index contributed by atoms with van der Waals surface area (Å²) in [5.74, 6) is 0.974. The lowest BCUT2D eigenvalue weighted by Gasteiger charge is -2.61. The first-order valence-electron chi connectivity index (χ1n) is 15.1. The summed E-state index contributed by atoms with van der Waals surface area (Å²) in [6, 6.07) is 21.1. The van der Waals surface area contributed by atoms with Crippen molar-refractivity contribution in [2.45, 2.75) is 43.1 Å². The Balaban J connectivity index is 0.00000461. The molecule has 4 unspecified atom stereocenters. The maximum Gasteiger partial charge on any atom is 0.254 e. The standard InChI is InChI=1S/C35H43N3O6.ClH/c1-6-35(26-16-18-37-22-26)31(23-12-14-27(41-2)15-13-23)34(33(36)40,25-10-8-7-9-11-25)17-19-38(35)32(39)24-20-28(42-3)30(44-5)29(21-24)43-4;/h7-15,20-21,26,31,37H,6,16-19,22H2,1-5H3,(H2,36,40);1H. The maximum atomic E-state index is 14.9. The number of nitrogens with zero attached hydrogens (tertiary/aromatic N) is 1. The predicted molar refractivity (Wildman–Crippen MR) is 176 cm³/mol. The lowest BCUT2D eigenvalue weighted by atomic mass is 9.51. The number of amides is 2. The molecule has 3 N–H and O–H groups in total. The molecule has 5 rings (SSSR count). The molecule has 2 aliphatic rings. The summed E-state index contributed by atoms with van der Waals surface area (Å²) in [6.45, 7) is 3.99. The molecule has 9 nitrogen and oxygen atoms in total. The van der Waals surface area contributed by atoms with Gasteiger partial charge in [0.15, 0.2) is 11.5 Å². The number of nitrogens with two attached hydrogens (primary N) is 1. The van der Waals surface area contributed by atoms with E-state index in [2.05, 4.69) is 12.2 Å². The van der Waals surface area contributed by atoms with E-state index in [0.717, 1.165) is 24.1 Å². The van der Waals surface area contributed by atoms with E-state index >= 15 is 0 Å². The predicted octanol–water partition coefficient (Wildman–Crippen LogP) is 4.95. The van der Waals surface area contributed by atoms with Gasteiger partial charge in [-0.05, 0) is 67.1 Å². The lowest BCUT2D eigenvalue weighted by Crippen LogP contribution is -2.70. The second-order valence-electron chi connectivity index (χ2n) is 11.6. The van der Waals surface area contributed by atoms with Crippen LogP contribution in [0.2, 0.25) is 0 Å². The van der Waals surface area contributed by atoms with Gasteiger partial charge in [-0.1, -0.05) is 49.4 Å². The quantitative estimate of drug-likeness (QED) is 0.323. The summed E-state index contributed by atoms with van der Waals surface area (Å²) in [4.78, 5) is 30.9. The van der Waals surface area contributed by atoms with Crippen LogP contribution in [0, 0.1) is 5.92 Å². The fourth-order valence-electron chi connectivity index (χ4n) is 7.92. The Labute approximate surface area is 271 Å². The number of hydrogen-bond acceptors (Lipinski definition) is 7. The van der Waals surface area contributed by atoms with Gasteiger partial charge in [0.1, 0.15) is 5.75 Å². The lowest BCUT2D eigenvalue weighted by molar-refractivity contribution is -0.131. The van der Waals surface area contributed by atoms with Crippen molar-refractivity contribution in [2.75, 3.05) is 48.1 Å². The molecule has 0 aliphatic carbocycles. The molecule has 0 aromatic heterocycles. The molecule has 2 heterocycles. The molecule has 2 amide bonds. The van der Waals surface area contributed by atoms with E-state index in [4.69, 9.17) is 24.7 Å². The van der Waals surface area contributed by atoms with Gasteiger partial charge >= 0.3 is 0 Å². The molecular weight excluding hydrogens is 594 g/mol. The van der Waals surface area contributed by atoms with E-state index in [0.29, 0.717) is 54.5 Å². The van der Waals surface area contributed by atoms with Crippen LogP contribution in [0.3, 0.4) is 0 Å². The summed E-state index contributed by atoms with van der Waals surface area (Å²) < 4.78 is 22.3. The molecule has 0 bridgehead atoms. The number of nitrogens with one attached hydrogen (secondary N) is 1. The SMILES string of the molecule is CCC1(C2CCNC2)C(c2ccc(OC)cc2)C(C(N)=O)(c2ccccc2)CCN1C(=O)c1cc(OC)c(OC)c(OC)c1.Cl. The second-order valence-corrected chi connectivity index (χ2v) is 11.6. The molecule has 4 atom stereocenters. The fraction of sp³-hybridized carbons (Fsp3) is 0.429. The van der Waals surface area contributed by atoms with Gasteiger partial charge in [-0.2, -0.15) is 0 Å². The van der Waals surface area contributed by atoms with Crippen molar-refractivity contribution in [3.8, 4) is 23.0 Å². The number of primary amides is 1. The van der Waals surface area contributed by atoms with Gasteiger partial charge in [-0.25, -0.2) is 0 Å². The van der Waals surface area contributed by atoms with Crippen LogP contribution in [-0.4, -0.2) is 70.3 Å². The van der Waals surface area contributed by atoms with E-state index in [9.17, 15) is 9.59 Å². The van der Waals surface area contributed by atoms with Gasteiger partial charge in [0, 0.05) is 24.6 Å². The fourth-order valence-corrected chi connectivity index (χ4v) is 7.92. The van der Waals surface area contributed by atoms with Crippen molar-refractivity contribution in [3.05, 3.63) is 83.4 Å². The first-order chi connectivity index (χ1) is 21.3. The molecule has 3 aromatic rings. The van der Waals surface area contributed by atoms with Crippen LogP contribution in [0.1, 0.15) is 53.6 Å². The number of likely N-dealkylation sites (tertiary alicyclic amines) is 1. The van der Waals surface area contributed by atoms with Gasteiger partial charge in [0.05, 0.1) is 39.4 Å². The number of piperidine rings is 1. The van der Waals surface area contributed by atoms with Crippen molar-refractivity contribution in [1.29, 1.82) is 0 Å². The number of benzene rings is 3. The van der Waals surface area contributed by atoms with Gasteiger partial charge in [0.2, 0.25) is 11.7 Å². The molecule has 0 spiro atoms. The van der Waals surface area contributed by atoms with Crippen molar-refractivity contribution in [3.63, 3.8) is 0 Å². The maximum absolute atomic E-state index is 14.9. The zero-order valence-corrected chi connectivity index (χ0v) is 27.4. The number of rotatable bonds is 10. The molecule has 0 radical (unpaired) electrons. The first-order valence-corrected chi connectivity index (χ1v) is 15.1. The summed E-state index contributed by atoms with van der Waals surface area (Å²) >= 11 is 0. The Morgan fingerprint density at radius 1 is 0.933 bits per heavy atom. The Morgan fingerprint density at radius 2 is 1.58 bits per heavy atom. The number of hydrogen-bond donors (Lipinski definition) is 2. The summed E-state index contributed by atoms with van der Waals surface area (Å²) in [5, 5.41) is 3.54. The highest BCUT2D eigenvalue weighted by atomic mass is 35.5. The van der Waals surface area contributed by atoms with Crippen LogP contribution in [0.15, 0.2) is 66.7 Å². The average molecular weight is 638 g/mol. The molecule has 2 saturated heterocycles. The number of ether oxygens (including phenoxy) is 4. The number of carbonyl (C=O) groups is 2. The van der Waals surface area contributed by atoms with Gasteiger partial charge in [-0.3, -0.25) is 9.59 Å². The zero-order chi connectivity index (χ0) is 31.5. The minimum atomic E-state index is -1.07. The molecule has 10 heteroatoms. The van der Waals surface area contributed by atoms with Crippen LogP contribution in [-0.2, 0) is 10.2 Å². The third-order valence-electron chi connectivity index (χ3n) is 9.89. The van der Waals surface area contributed by atoms with Crippen LogP contribution in [0.5, 0.6) is 23.0 Å². The molecular formula is C35H44ClN3O6. The number of carbonyl (C=O) groups excluding carboxylic acids is 2. The minimum absolute atomic E-state index is 0. The van der Waals surface area contributed by atoms with Crippen LogP contribution in [0.25, 0.3) is 0 Å². The Bertz CT molecular complexity index is 1460. The highest BCUT2D eigenvalue weighted by Crippen LogP contribution is 2.58. The highest BCUT2D eigenvalue weighted by Gasteiger charge is 2.64. The Hall–Kier alpha value is -3.95. The van der Waals surface area contributed by atoms with E-state index in [1.54, 1.807) is 19.2 Å². The van der Waals surface area contributed by atoms with E-state index in [1.165, 1.54) is 21.3 Å². The third kappa shape index (κ3) is 5.57. The van der Waals surface area contributed by atoms with Crippen molar-refractivity contribution < 1.29 is 28.5 Å². The minimum Gasteiger partial charge on any atom is -0.497 e. The highest BCUT2D eigenvalue weighted by molar-refractivity contribution is 5.97. The largest absolute Gasteiger partial charge is 0.497 e. The summed E-state index contributed by atoms with van der Waals surface area (Å²) in [7, 11) is 6.24. The van der Waals surface area contributed by atoms with Crippen molar-refractivity contribution in [2.24, 2.45) is 11.7 Å². The van der Waals surface area contributed by atoms with E-state index in [1.807, 2.05) is 59.5 Å². The second kappa shape index (κ2) is 14.0. The average Bonchev–Trinajstić information content (AvgIpc) is 3.62. The Morgan fingerprint density at radius 3 is 2.07 bits per heavy atom. The van der Waals surface area contributed by atoms with Gasteiger partial charge < -0.3 is 34.9 Å². The van der Waals surface area contributed by atoms with Crippen LogP contribution in [0.4, 0.5) is 0 Å². The number of methoxy groups -OCH3 is 4. The van der Waals surface area contributed by atoms with Crippen LogP contribution < -0.4 is 30.0 Å². The molecule has 3 aromatic carbocycles. The molecule has 242 valence electrons. The van der Waals surface area contributed by atoms with Crippen molar-refractivity contribution in [1.82, 2.24) is 10.2 Å². The molecule has 0 saturated carbocycles. The molecule has 45 heavy (non-hydrogen) atoms. The third-order valence-corrected chi connectivity index (χ3v) is 9.89. The van der Waals surface area contributed by atoms with E-state index in [-0.39, 0.29) is 24.2 Å². The molecule has 2 fully saturated rings. The first kappa shape index (κ1) is 33.9. The summed E-state index contributed by atoms with van der Waals surface area (Å²) in [6.07, 6.45) is 1.82. The number of halogens is 1. The summed E-state index contributed by atoms with van der Waals surface area (Å²) in [5.41, 5.74) is 6.87. The topological polar surface area (TPSA) is 112 Å². The van der Waals surface area contributed by atoms with Crippen LogP contribution >= 0.6 is 12.4 Å². The zero-order valence-electron chi connectivity index (χ0n) is 26.6.